The zero-order chi connectivity index (χ0) is 13.3. The number of fused-ring (bicyclic) bond motifs is 1. The van der Waals surface area contributed by atoms with Crippen LogP contribution in [0.3, 0.4) is 0 Å². The van der Waals surface area contributed by atoms with E-state index in [2.05, 4.69) is 46.3 Å². The summed E-state index contributed by atoms with van der Waals surface area (Å²) in [5, 5.41) is 11.1. The Morgan fingerprint density at radius 3 is 2.79 bits per heavy atom. The van der Waals surface area contributed by atoms with Crippen LogP contribution >= 0.6 is 15.9 Å². The predicted molar refractivity (Wildman–Crippen MR) is 81.1 cm³/mol. The Balaban J connectivity index is 1.96. The summed E-state index contributed by atoms with van der Waals surface area (Å²) in [7, 11) is 0. The fourth-order valence-corrected chi connectivity index (χ4v) is 3.51. The van der Waals surface area contributed by atoms with Gasteiger partial charge in [-0.05, 0) is 48.1 Å². The molecule has 0 aliphatic heterocycles. The van der Waals surface area contributed by atoms with E-state index >= 15 is 0 Å². The van der Waals surface area contributed by atoms with Crippen molar-refractivity contribution in [3.05, 3.63) is 69.7 Å². The monoisotopic (exact) mass is 316 g/mol. The summed E-state index contributed by atoms with van der Waals surface area (Å²) >= 11 is 3.49. The molecule has 1 unspecified atom stereocenters. The third-order valence-electron chi connectivity index (χ3n) is 3.94. The maximum Gasteiger partial charge on any atom is 0.0939 e. The molecule has 0 heterocycles. The molecule has 98 valence electrons. The van der Waals surface area contributed by atoms with Gasteiger partial charge in [0.15, 0.2) is 0 Å². The molecule has 1 N–H and O–H groups in total. The first-order valence-corrected chi connectivity index (χ1v) is 7.52. The number of aryl methyl sites for hydroxylation is 1. The van der Waals surface area contributed by atoms with Crippen LogP contribution in [0, 0.1) is 0 Å². The first kappa shape index (κ1) is 12.9. The van der Waals surface area contributed by atoms with Gasteiger partial charge >= 0.3 is 0 Å². The van der Waals surface area contributed by atoms with Gasteiger partial charge < -0.3 is 5.11 Å². The minimum Gasteiger partial charge on any atom is -0.385 e. The van der Waals surface area contributed by atoms with Gasteiger partial charge in [-0.1, -0.05) is 52.3 Å². The average Bonchev–Trinajstić information content (AvgIpc) is 2.39. The van der Waals surface area contributed by atoms with E-state index < -0.39 is 5.60 Å². The van der Waals surface area contributed by atoms with E-state index in [1.807, 2.05) is 18.2 Å². The zero-order valence-electron chi connectivity index (χ0n) is 10.8. The maximum absolute atomic E-state index is 11.1. The van der Waals surface area contributed by atoms with Gasteiger partial charge in [0.25, 0.3) is 0 Å². The molecule has 0 amide bonds. The quantitative estimate of drug-likeness (QED) is 0.879. The zero-order valence-corrected chi connectivity index (χ0v) is 12.4. The van der Waals surface area contributed by atoms with Crippen molar-refractivity contribution < 1.29 is 5.11 Å². The van der Waals surface area contributed by atoms with Crippen LogP contribution in [0.25, 0.3) is 0 Å². The van der Waals surface area contributed by atoms with Crippen molar-refractivity contribution >= 4 is 15.9 Å². The molecule has 2 heteroatoms. The summed E-state index contributed by atoms with van der Waals surface area (Å²) in [6, 6.07) is 16.5. The summed E-state index contributed by atoms with van der Waals surface area (Å²) in [6.45, 7) is 0. The molecule has 0 bridgehead atoms. The van der Waals surface area contributed by atoms with Gasteiger partial charge in [-0.2, -0.15) is 0 Å². The summed E-state index contributed by atoms with van der Waals surface area (Å²) in [4.78, 5) is 0. The molecule has 1 nitrogen and oxygen atoms in total. The lowest BCUT2D eigenvalue weighted by molar-refractivity contribution is 0.0190. The largest absolute Gasteiger partial charge is 0.385 e. The molecule has 0 fully saturated rings. The highest BCUT2D eigenvalue weighted by atomic mass is 79.9. The van der Waals surface area contributed by atoms with Crippen LogP contribution in [-0.4, -0.2) is 5.11 Å². The van der Waals surface area contributed by atoms with Gasteiger partial charge in [0.2, 0.25) is 0 Å². The van der Waals surface area contributed by atoms with Crippen LogP contribution in [0.15, 0.2) is 53.0 Å². The van der Waals surface area contributed by atoms with Gasteiger partial charge in [0.05, 0.1) is 5.60 Å². The predicted octanol–water partition coefficient (Wildman–Crippen LogP) is 4.22. The normalized spacial score (nSPS) is 22.0. The Kier molecular flexibility index (Phi) is 3.46. The Morgan fingerprint density at radius 2 is 1.95 bits per heavy atom. The molecule has 0 saturated heterocycles. The molecule has 1 atom stereocenters. The fourth-order valence-electron chi connectivity index (χ4n) is 3.07. The number of benzene rings is 2. The smallest absolute Gasteiger partial charge is 0.0939 e. The van der Waals surface area contributed by atoms with Crippen LogP contribution in [-0.2, 0) is 18.4 Å². The minimum absolute atomic E-state index is 0.684. The molecule has 0 spiro atoms. The first-order chi connectivity index (χ1) is 9.17. The van der Waals surface area contributed by atoms with Crippen molar-refractivity contribution in [2.75, 3.05) is 0 Å². The molecular formula is C17H17BrO. The van der Waals surface area contributed by atoms with Gasteiger partial charge in [0, 0.05) is 10.9 Å². The third-order valence-corrected chi connectivity index (χ3v) is 4.43. The maximum atomic E-state index is 11.1. The van der Waals surface area contributed by atoms with E-state index in [1.165, 1.54) is 11.1 Å². The summed E-state index contributed by atoms with van der Waals surface area (Å²) in [5.41, 5.74) is 2.87. The number of hydrogen-bond acceptors (Lipinski definition) is 1. The lowest BCUT2D eigenvalue weighted by Gasteiger charge is -2.34. The highest BCUT2D eigenvalue weighted by Crippen LogP contribution is 2.37. The van der Waals surface area contributed by atoms with E-state index in [0.717, 1.165) is 29.3 Å². The summed E-state index contributed by atoms with van der Waals surface area (Å²) in [5.74, 6) is 0. The molecule has 0 saturated carbocycles. The van der Waals surface area contributed by atoms with E-state index in [9.17, 15) is 5.11 Å². The number of rotatable bonds is 2. The SMILES string of the molecule is OC1(Cc2cccc(Br)c2)CCCc2ccccc21. The molecule has 19 heavy (non-hydrogen) atoms. The van der Waals surface area contributed by atoms with E-state index in [-0.39, 0.29) is 0 Å². The second-order valence-corrected chi connectivity index (χ2v) is 6.26. The van der Waals surface area contributed by atoms with Gasteiger partial charge in [-0.3, -0.25) is 0 Å². The van der Waals surface area contributed by atoms with Crippen LogP contribution in [0.5, 0.6) is 0 Å². The Bertz CT molecular complexity index is 593. The summed E-state index contributed by atoms with van der Waals surface area (Å²) < 4.78 is 1.07. The second kappa shape index (κ2) is 5.10. The minimum atomic E-state index is -0.713. The molecule has 0 aromatic heterocycles. The van der Waals surface area contributed by atoms with Crippen molar-refractivity contribution in [1.29, 1.82) is 0 Å². The standard InChI is InChI=1S/C17H17BrO/c18-15-8-3-5-13(11-15)12-17(19)10-4-7-14-6-1-2-9-16(14)17/h1-3,5-6,8-9,11,19H,4,7,10,12H2. The van der Waals surface area contributed by atoms with Crippen molar-refractivity contribution in [2.24, 2.45) is 0 Å². The lowest BCUT2D eigenvalue weighted by Crippen LogP contribution is -2.32. The Hall–Kier alpha value is -1.12. The highest BCUT2D eigenvalue weighted by Gasteiger charge is 2.34. The molecule has 1 aliphatic carbocycles. The first-order valence-electron chi connectivity index (χ1n) is 6.73. The van der Waals surface area contributed by atoms with E-state index in [4.69, 9.17) is 0 Å². The van der Waals surface area contributed by atoms with Crippen LogP contribution in [0.2, 0.25) is 0 Å². The van der Waals surface area contributed by atoms with Crippen LogP contribution < -0.4 is 0 Å². The molecular weight excluding hydrogens is 300 g/mol. The van der Waals surface area contributed by atoms with Crippen molar-refractivity contribution in [3.63, 3.8) is 0 Å². The lowest BCUT2D eigenvalue weighted by atomic mass is 9.76. The van der Waals surface area contributed by atoms with E-state index in [1.54, 1.807) is 0 Å². The second-order valence-electron chi connectivity index (χ2n) is 5.35. The number of aliphatic hydroxyl groups is 1. The average molecular weight is 317 g/mol. The molecule has 3 rings (SSSR count). The molecule has 2 aromatic rings. The third kappa shape index (κ3) is 2.60. The van der Waals surface area contributed by atoms with Crippen LogP contribution in [0.1, 0.15) is 29.5 Å². The fraction of sp³-hybridized carbons (Fsp3) is 0.294. The van der Waals surface area contributed by atoms with E-state index in [0.29, 0.717) is 6.42 Å². The Morgan fingerprint density at radius 1 is 1.11 bits per heavy atom. The molecule has 0 radical (unpaired) electrons. The number of halogens is 1. The van der Waals surface area contributed by atoms with Crippen LogP contribution in [0.4, 0.5) is 0 Å². The van der Waals surface area contributed by atoms with Gasteiger partial charge in [0.1, 0.15) is 0 Å². The summed E-state index contributed by atoms with van der Waals surface area (Å²) in [6.07, 6.45) is 3.67. The molecule has 1 aliphatic rings. The van der Waals surface area contributed by atoms with Gasteiger partial charge in [-0.15, -0.1) is 0 Å². The molecule has 2 aromatic carbocycles. The van der Waals surface area contributed by atoms with Gasteiger partial charge in [-0.25, -0.2) is 0 Å². The highest BCUT2D eigenvalue weighted by molar-refractivity contribution is 9.10. The van der Waals surface area contributed by atoms with Crippen molar-refractivity contribution in [3.8, 4) is 0 Å². The topological polar surface area (TPSA) is 20.2 Å². The van der Waals surface area contributed by atoms with Crippen molar-refractivity contribution in [1.82, 2.24) is 0 Å². The Labute approximate surface area is 122 Å². The number of hydrogen-bond donors (Lipinski definition) is 1. The van der Waals surface area contributed by atoms with Crippen molar-refractivity contribution in [2.45, 2.75) is 31.3 Å².